The second kappa shape index (κ2) is 5.66. The van der Waals surface area contributed by atoms with Crippen LogP contribution in [-0.4, -0.2) is 19.6 Å². The summed E-state index contributed by atoms with van der Waals surface area (Å²) in [4.78, 5) is 8.77. The molecule has 4 heteroatoms. The number of fused-ring (bicyclic) bond motifs is 1. The quantitative estimate of drug-likeness (QED) is 0.799. The highest BCUT2D eigenvalue weighted by molar-refractivity contribution is 5.75. The summed E-state index contributed by atoms with van der Waals surface area (Å²) in [7, 11) is 0. The molecule has 2 heterocycles. The first-order chi connectivity index (χ1) is 10.2. The van der Waals surface area contributed by atoms with Crippen LogP contribution in [-0.2, 0) is 13.0 Å². The zero-order valence-corrected chi connectivity index (χ0v) is 12.3. The highest BCUT2D eigenvalue weighted by atomic mass is 16.3. The molecule has 1 unspecified atom stereocenters. The Morgan fingerprint density at radius 3 is 2.81 bits per heavy atom. The molecule has 3 aromatic rings. The third kappa shape index (κ3) is 2.54. The van der Waals surface area contributed by atoms with Gasteiger partial charge in [-0.05, 0) is 37.6 Å². The van der Waals surface area contributed by atoms with Crippen LogP contribution in [0.15, 0.2) is 42.7 Å². The van der Waals surface area contributed by atoms with Gasteiger partial charge in [-0.3, -0.25) is 4.98 Å². The van der Waals surface area contributed by atoms with E-state index >= 15 is 0 Å². The number of pyridine rings is 1. The first kappa shape index (κ1) is 13.8. The van der Waals surface area contributed by atoms with Crippen molar-refractivity contribution < 1.29 is 5.11 Å². The number of imidazole rings is 1. The topological polar surface area (TPSA) is 50.9 Å². The first-order valence-electron chi connectivity index (χ1n) is 7.23. The second-order valence-electron chi connectivity index (χ2n) is 5.21. The average Bonchev–Trinajstić information content (AvgIpc) is 2.84. The van der Waals surface area contributed by atoms with Gasteiger partial charge in [0.25, 0.3) is 0 Å². The van der Waals surface area contributed by atoms with Crippen LogP contribution in [0.3, 0.4) is 0 Å². The monoisotopic (exact) mass is 281 g/mol. The van der Waals surface area contributed by atoms with E-state index in [4.69, 9.17) is 0 Å². The molecule has 108 valence electrons. The van der Waals surface area contributed by atoms with Crippen molar-refractivity contribution in [2.24, 2.45) is 0 Å². The number of rotatable bonds is 4. The van der Waals surface area contributed by atoms with E-state index < -0.39 is 6.10 Å². The molecule has 0 saturated carbocycles. The molecule has 0 aliphatic rings. The summed E-state index contributed by atoms with van der Waals surface area (Å²) in [5.74, 6) is 0.912. The molecule has 0 bridgehead atoms. The lowest BCUT2D eigenvalue weighted by molar-refractivity contribution is 0.173. The van der Waals surface area contributed by atoms with Gasteiger partial charge in [0, 0.05) is 30.9 Å². The van der Waals surface area contributed by atoms with Crippen LogP contribution in [0, 0.1) is 6.92 Å². The molecular weight excluding hydrogens is 262 g/mol. The third-order valence-corrected chi connectivity index (χ3v) is 3.86. The van der Waals surface area contributed by atoms with E-state index in [9.17, 15) is 5.11 Å². The molecule has 3 rings (SSSR count). The molecule has 2 aromatic heterocycles. The van der Waals surface area contributed by atoms with Crippen LogP contribution >= 0.6 is 0 Å². The Kier molecular flexibility index (Phi) is 3.71. The van der Waals surface area contributed by atoms with Gasteiger partial charge in [0.2, 0.25) is 0 Å². The van der Waals surface area contributed by atoms with E-state index in [2.05, 4.69) is 27.5 Å². The van der Waals surface area contributed by atoms with E-state index in [1.165, 1.54) is 0 Å². The molecule has 21 heavy (non-hydrogen) atoms. The van der Waals surface area contributed by atoms with Gasteiger partial charge in [0.15, 0.2) is 0 Å². The fourth-order valence-corrected chi connectivity index (χ4v) is 2.74. The highest BCUT2D eigenvalue weighted by Crippen LogP contribution is 2.23. The zero-order chi connectivity index (χ0) is 14.8. The summed E-state index contributed by atoms with van der Waals surface area (Å²) in [6.07, 6.45) is 3.39. The fourth-order valence-electron chi connectivity index (χ4n) is 2.74. The molecule has 0 aliphatic heterocycles. The Hall–Kier alpha value is -2.20. The van der Waals surface area contributed by atoms with E-state index in [1.807, 2.05) is 31.2 Å². The zero-order valence-electron chi connectivity index (χ0n) is 12.3. The predicted molar refractivity (Wildman–Crippen MR) is 83.0 cm³/mol. The molecular formula is C17H19N3O. The van der Waals surface area contributed by atoms with Gasteiger partial charge in [-0.15, -0.1) is 0 Å². The normalized spacial score (nSPS) is 12.7. The molecule has 1 aromatic carbocycles. The summed E-state index contributed by atoms with van der Waals surface area (Å²) in [5, 5.41) is 10.5. The van der Waals surface area contributed by atoms with Crippen LogP contribution < -0.4 is 0 Å². The lowest BCUT2D eigenvalue weighted by Gasteiger charge is -2.13. The van der Waals surface area contributed by atoms with Crippen molar-refractivity contribution in [3.05, 3.63) is 59.7 Å². The van der Waals surface area contributed by atoms with Gasteiger partial charge < -0.3 is 9.67 Å². The SMILES string of the molecule is CCn1c(CC(O)c2cnccc2C)nc2ccccc21. The van der Waals surface area contributed by atoms with Crippen LogP contribution in [0.4, 0.5) is 0 Å². The standard InChI is InChI=1S/C17H19N3O/c1-3-20-15-7-5-4-6-14(15)19-17(20)10-16(21)13-11-18-9-8-12(13)2/h4-9,11,16,21H,3,10H2,1-2H3. The molecule has 1 N–H and O–H groups in total. The first-order valence-corrected chi connectivity index (χ1v) is 7.23. The summed E-state index contributed by atoms with van der Waals surface area (Å²) in [5.41, 5.74) is 4.01. The minimum atomic E-state index is -0.583. The minimum Gasteiger partial charge on any atom is -0.388 e. The third-order valence-electron chi connectivity index (χ3n) is 3.86. The Balaban J connectivity index is 1.96. The predicted octanol–water partition coefficient (Wildman–Crippen LogP) is 3.04. The van der Waals surface area contributed by atoms with Crippen LogP contribution in [0.25, 0.3) is 11.0 Å². The fraction of sp³-hybridized carbons (Fsp3) is 0.294. The molecule has 0 radical (unpaired) electrons. The Morgan fingerprint density at radius 2 is 2.05 bits per heavy atom. The summed E-state index contributed by atoms with van der Waals surface area (Å²) in [6, 6.07) is 9.99. The number of aliphatic hydroxyl groups is 1. The van der Waals surface area contributed by atoms with Crippen molar-refractivity contribution in [2.75, 3.05) is 0 Å². The van der Waals surface area contributed by atoms with Crippen molar-refractivity contribution in [3.63, 3.8) is 0 Å². The van der Waals surface area contributed by atoms with Crippen molar-refractivity contribution >= 4 is 11.0 Å². The summed E-state index contributed by atoms with van der Waals surface area (Å²) < 4.78 is 2.16. The molecule has 0 fully saturated rings. The molecule has 0 amide bonds. The van der Waals surface area contributed by atoms with Crippen molar-refractivity contribution in [2.45, 2.75) is 32.9 Å². The maximum absolute atomic E-state index is 10.5. The van der Waals surface area contributed by atoms with Crippen molar-refractivity contribution in [3.8, 4) is 0 Å². The number of hydrogen-bond donors (Lipinski definition) is 1. The van der Waals surface area contributed by atoms with Crippen LogP contribution in [0.5, 0.6) is 0 Å². The Bertz CT molecular complexity index is 764. The Labute approximate surface area is 124 Å². The number of benzene rings is 1. The molecule has 1 atom stereocenters. The van der Waals surface area contributed by atoms with E-state index in [-0.39, 0.29) is 0 Å². The second-order valence-corrected chi connectivity index (χ2v) is 5.21. The lowest BCUT2D eigenvalue weighted by Crippen LogP contribution is -2.09. The molecule has 4 nitrogen and oxygen atoms in total. The average molecular weight is 281 g/mol. The van der Waals surface area contributed by atoms with Crippen molar-refractivity contribution in [1.82, 2.24) is 14.5 Å². The van der Waals surface area contributed by atoms with Crippen LogP contribution in [0.1, 0.15) is 30.0 Å². The number of nitrogens with zero attached hydrogens (tertiary/aromatic N) is 3. The largest absolute Gasteiger partial charge is 0.388 e. The Morgan fingerprint density at radius 1 is 1.24 bits per heavy atom. The van der Waals surface area contributed by atoms with Gasteiger partial charge >= 0.3 is 0 Å². The van der Waals surface area contributed by atoms with Crippen LogP contribution in [0.2, 0.25) is 0 Å². The highest BCUT2D eigenvalue weighted by Gasteiger charge is 2.16. The molecule has 0 spiro atoms. The lowest BCUT2D eigenvalue weighted by atomic mass is 10.0. The van der Waals surface area contributed by atoms with Crippen molar-refractivity contribution in [1.29, 1.82) is 0 Å². The minimum absolute atomic E-state index is 0.495. The van der Waals surface area contributed by atoms with Gasteiger partial charge in [-0.1, -0.05) is 12.1 Å². The molecule has 0 saturated heterocycles. The number of aryl methyl sites for hydroxylation is 2. The summed E-state index contributed by atoms with van der Waals surface area (Å²) >= 11 is 0. The smallest absolute Gasteiger partial charge is 0.112 e. The van der Waals surface area contributed by atoms with E-state index in [0.717, 1.165) is 34.5 Å². The number of aromatic nitrogens is 3. The van der Waals surface area contributed by atoms with E-state index in [0.29, 0.717) is 6.42 Å². The van der Waals surface area contributed by atoms with E-state index in [1.54, 1.807) is 12.4 Å². The number of para-hydroxylation sites is 2. The number of aliphatic hydroxyl groups excluding tert-OH is 1. The van der Waals surface area contributed by atoms with Gasteiger partial charge in [-0.2, -0.15) is 0 Å². The number of hydrogen-bond acceptors (Lipinski definition) is 3. The maximum Gasteiger partial charge on any atom is 0.112 e. The maximum atomic E-state index is 10.5. The summed E-state index contributed by atoms with van der Waals surface area (Å²) in [6.45, 7) is 4.93. The van der Waals surface area contributed by atoms with Gasteiger partial charge in [-0.25, -0.2) is 4.98 Å². The molecule has 0 aliphatic carbocycles. The van der Waals surface area contributed by atoms with Gasteiger partial charge in [0.05, 0.1) is 17.1 Å². The van der Waals surface area contributed by atoms with Gasteiger partial charge in [0.1, 0.15) is 5.82 Å².